The van der Waals surface area contributed by atoms with Crippen LogP contribution in [0.1, 0.15) is 32.4 Å². The van der Waals surface area contributed by atoms with Crippen molar-refractivity contribution in [1.29, 1.82) is 0 Å². The summed E-state index contributed by atoms with van der Waals surface area (Å²) in [6, 6.07) is 7.19. The first-order chi connectivity index (χ1) is 10.3. The van der Waals surface area contributed by atoms with E-state index in [4.69, 9.17) is 17.3 Å². The molecular formula is C16H24ClN3O2. The Morgan fingerprint density at radius 3 is 2.41 bits per heavy atom. The summed E-state index contributed by atoms with van der Waals surface area (Å²) in [5.41, 5.74) is 6.09. The first kappa shape index (κ1) is 18.5. The third-order valence-electron chi connectivity index (χ3n) is 3.12. The molecule has 1 aromatic carbocycles. The van der Waals surface area contributed by atoms with Crippen LogP contribution in [0, 0.1) is 5.92 Å². The Bertz CT molecular complexity index is 520. The van der Waals surface area contributed by atoms with Crippen LogP contribution in [0.4, 0.5) is 0 Å². The zero-order chi connectivity index (χ0) is 16.7. The van der Waals surface area contributed by atoms with Gasteiger partial charge in [-0.2, -0.15) is 0 Å². The summed E-state index contributed by atoms with van der Waals surface area (Å²) in [7, 11) is 0. The highest BCUT2D eigenvalue weighted by Gasteiger charge is 2.17. The quantitative estimate of drug-likeness (QED) is 0.767. The van der Waals surface area contributed by atoms with E-state index in [0.29, 0.717) is 17.5 Å². The number of nitrogens with one attached hydrogen (secondary N) is 1. The van der Waals surface area contributed by atoms with Gasteiger partial charge in [-0.1, -0.05) is 43.6 Å². The van der Waals surface area contributed by atoms with Gasteiger partial charge in [0, 0.05) is 11.6 Å². The molecule has 0 saturated carbocycles. The summed E-state index contributed by atoms with van der Waals surface area (Å²) < 4.78 is 0. The van der Waals surface area contributed by atoms with E-state index >= 15 is 0 Å². The van der Waals surface area contributed by atoms with Gasteiger partial charge in [0.15, 0.2) is 0 Å². The number of primary amides is 1. The Balaban J connectivity index is 2.62. The first-order valence-electron chi connectivity index (χ1n) is 7.34. The molecule has 1 atom stereocenters. The minimum Gasteiger partial charge on any atom is -0.369 e. The van der Waals surface area contributed by atoms with Crippen molar-refractivity contribution in [3.05, 3.63) is 34.9 Å². The molecule has 0 saturated heterocycles. The monoisotopic (exact) mass is 325 g/mol. The normalized spacial score (nSPS) is 12.5. The van der Waals surface area contributed by atoms with Crippen LogP contribution in [0.3, 0.4) is 0 Å². The van der Waals surface area contributed by atoms with Crippen molar-refractivity contribution in [2.45, 2.75) is 26.8 Å². The van der Waals surface area contributed by atoms with Crippen LogP contribution in [-0.2, 0) is 9.59 Å². The fraction of sp³-hybridized carbons (Fsp3) is 0.500. The minimum atomic E-state index is -0.437. The van der Waals surface area contributed by atoms with Crippen molar-refractivity contribution in [3.63, 3.8) is 0 Å². The second kappa shape index (κ2) is 8.76. The third kappa shape index (κ3) is 6.45. The lowest BCUT2D eigenvalue weighted by Gasteiger charge is -2.23. The summed E-state index contributed by atoms with van der Waals surface area (Å²) in [6.07, 6.45) is 0. The van der Waals surface area contributed by atoms with Crippen LogP contribution in [0.2, 0.25) is 5.02 Å². The zero-order valence-electron chi connectivity index (χ0n) is 13.3. The van der Waals surface area contributed by atoms with Crippen molar-refractivity contribution in [2.24, 2.45) is 11.7 Å². The molecule has 5 nitrogen and oxygen atoms in total. The van der Waals surface area contributed by atoms with Crippen LogP contribution in [0.15, 0.2) is 24.3 Å². The van der Waals surface area contributed by atoms with Crippen molar-refractivity contribution in [2.75, 3.05) is 19.6 Å². The molecule has 1 aromatic rings. The highest BCUT2D eigenvalue weighted by molar-refractivity contribution is 6.31. The molecule has 0 aliphatic rings. The number of rotatable bonds is 8. The summed E-state index contributed by atoms with van der Waals surface area (Å²) in [5, 5.41) is 3.51. The predicted molar refractivity (Wildman–Crippen MR) is 88.5 cm³/mol. The summed E-state index contributed by atoms with van der Waals surface area (Å²) in [6.45, 7) is 6.77. The largest absolute Gasteiger partial charge is 0.369 e. The molecule has 122 valence electrons. The molecule has 0 unspecified atom stereocenters. The Morgan fingerprint density at radius 2 is 1.86 bits per heavy atom. The minimum absolute atomic E-state index is 0.0755. The maximum absolute atomic E-state index is 12.2. The lowest BCUT2D eigenvalue weighted by atomic mass is 10.1. The lowest BCUT2D eigenvalue weighted by Crippen LogP contribution is -2.43. The Hall–Kier alpha value is -1.59. The average Bonchev–Trinajstić information content (AvgIpc) is 2.36. The van der Waals surface area contributed by atoms with E-state index < -0.39 is 5.91 Å². The summed E-state index contributed by atoms with van der Waals surface area (Å²) in [4.78, 5) is 25.0. The molecule has 0 aliphatic heterocycles. The molecule has 0 aromatic heterocycles. The lowest BCUT2D eigenvalue weighted by molar-refractivity contribution is -0.124. The number of hydrogen-bond acceptors (Lipinski definition) is 3. The van der Waals surface area contributed by atoms with Gasteiger partial charge in [-0.25, -0.2) is 0 Å². The van der Waals surface area contributed by atoms with Crippen LogP contribution < -0.4 is 11.1 Å². The molecule has 0 heterocycles. The smallest absolute Gasteiger partial charge is 0.234 e. The van der Waals surface area contributed by atoms with E-state index in [9.17, 15) is 9.59 Å². The van der Waals surface area contributed by atoms with Crippen molar-refractivity contribution in [1.82, 2.24) is 10.2 Å². The zero-order valence-corrected chi connectivity index (χ0v) is 14.1. The molecule has 0 spiro atoms. The van der Waals surface area contributed by atoms with E-state index in [1.807, 2.05) is 39.0 Å². The highest BCUT2D eigenvalue weighted by atomic mass is 35.5. The van der Waals surface area contributed by atoms with Gasteiger partial charge in [0.2, 0.25) is 11.8 Å². The van der Waals surface area contributed by atoms with Crippen LogP contribution >= 0.6 is 11.6 Å². The molecule has 3 N–H and O–H groups in total. The van der Waals surface area contributed by atoms with Gasteiger partial charge in [-0.15, -0.1) is 0 Å². The van der Waals surface area contributed by atoms with Gasteiger partial charge in [-0.05, 0) is 24.5 Å². The molecular weight excluding hydrogens is 302 g/mol. The highest BCUT2D eigenvalue weighted by Crippen LogP contribution is 2.21. The number of carbonyl (C=O) groups excluding carboxylic acids is 2. The fourth-order valence-corrected chi connectivity index (χ4v) is 2.62. The third-order valence-corrected chi connectivity index (χ3v) is 3.46. The standard InChI is InChI=1S/C16H24ClN3O2/c1-11(2)8-20(9-15(18)21)10-16(22)19-12(3)13-6-4-5-7-14(13)17/h4-7,11-12H,8-10H2,1-3H3,(H2,18,21)(H,19,22)/t12-/m0/s1. The maximum atomic E-state index is 12.2. The molecule has 0 aliphatic carbocycles. The number of hydrogen-bond donors (Lipinski definition) is 2. The summed E-state index contributed by atoms with van der Waals surface area (Å²) in [5.74, 6) is -0.255. The number of carbonyl (C=O) groups is 2. The molecule has 0 bridgehead atoms. The van der Waals surface area contributed by atoms with Gasteiger partial charge >= 0.3 is 0 Å². The summed E-state index contributed by atoms with van der Waals surface area (Å²) >= 11 is 6.12. The maximum Gasteiger partial charge on any atom is 0.234 e. The SMILES string of the molecule is CC(C)CN(CC(N)=O)CC(=O)N[C@@H](C)c1ccccc1Cl. The second-order valence-electron chi connectivity index (χ2n) is 5.84. The van der Waals surface area contributed by atoms with Gasteiger partial charge in [-0.3, -0.25) is 14.5 Å². The van der Waals surface area contributed by atoms with Crippen LogP contribution in [-0.4, -0.2) is 36.3 Å². The van der Waals surface area contributed by atoms with Crippen molar-refractivity contribution in [3.8, 4) is 0 Å². The van der Waals surface area contributed by atoms with Gasteiger partial charge in [0.25, 0.3) is 0 Å². The van der Waals surface area contributed by atoms with E-state index in [-0.39, 0.29) is 25.0 Å². The van der Waals surface area contributed by atoms with Gasteiger partial charge in [0.1, 0.15) is 0 Å². The van der Waals surface area contributed by atoms with E-state index in [1.165, 1.54) is 0 Å². The number of halogens is 1. The molecule has 22 heavy (non-hydrogen) atoms. The number of benzene rings is 1. The molecule has 0 fully saturated rings. The van der Waals surface area contributed by atoms with Crippen LogP contribution in [0.5, 0.6) is 0 Å². The van der Waals surface area contributed by atoms with Crippen LogP contribution in [0.25, 0.3) is 0 Å². The Morgan fingerprint density at radius 1 is 1.23 bits per heavy atom. The van der Waals surface area contributed by atoms with Crippen molar-refractivity contribution < 1.29 is 9.59 Å². The predicted octanol–water partition coefficient (Wildman–Crippen LogP) is 1.96. The topological polar surface area (TPSA) is 75.4 Å². The van der Waals surface area contributed by atoms with Gasteiger partial charge < -0.3 is 11.1 Å². The second-order valence-corrected chi connectivity index (χ2v) is 6.25. The molecule has 2 amide bonds. The number of nitrogens with two attached hydrogens (primary N) is 1. The fourth-order valence-electron chi connectivity index (χ4n) is 2.32. The molecule has 0 radical (unpaired) electrons. The van der Waals surface area contributed by atoms with E-state index in [2.05, 4.69) is 5.32 Å². The molecule has 6 heteroatoms. The Labute approximate surface area is 136 Å². The van der Waals surface area contributed by atoms with E-state index in [0.717, 1.165) is 5.56 Å². The van der Waals surface area contributed by atoms with Gasteiger partial charge in [0.05, 0.1) is 19.1 Å². The number of nitrogens with zero attached hydrogens (tertiary/aromatic N) is 1. The molecule has 1 rings (SSSR count). The average molecular weight is 326 g/mol. The van der Waals surface area contributed by atoms with Crippen molar-refractivity contribution >= 4 is 23.4 Å². The number of amides is 2. The first-order valence-corrected chi connectivity index (χ1v) is 7.71. The van der Waals surface area contributed by atoms with E-state index in [1.54, 1.807) is 11.0 Å². The Kier molecular flexibility index (Phi) is 7.35.